The molecule has 1 N–H and O–H groups in total. The van der Waals surface area contributed by atoms with E-state index in [-0.39, 0.29) is 17.5 Å². The van der Waals surface area contributed by atoms with Crippen LogP contribution in [-0.4, -0.2) is 10.9 Å². The molecule has 0 saturated heterocycles. The van der Waals surface area contributed by atoms with Gasteiger partial charge in [-0.2, -0.15) is 5.26 Å². The van der Waals surface area contributed by atoms with Gasteiger partial charge in [-0.15, -0.1) is 0 Å². The third kappa shape index (κ3) is 4.27. The molecule has 4 heteroatoms. The minimum atomic E-state index is -0.372. The van der Waals surface area contributed by atoms with Crippen LogP contribution in [0.2, 0.25) is 0 Å². The highest BCUT2D eigenvalue weighted by Gasteiger charge is 2.14. The molecule has 0 saturated carbocycles. The molecule has 4 nitrogen and oxygen atoms in total. The minimum absolute atomic E-state index is 0.0914. The predicted octanol–water partition coefficient (Wildman–Crippen LogP) is 3.43. The molecule has 1 atom stereocenters. The van der Waals surface area contributed by atoms with Gasteiger partial charge in [0.05, 0.1) is 6.04 Å². The SMILES string of the molecule is CCc1cnccc1/C=C(\C#N)C(=O)N[C@@H](C)c1ccccc1. The summed E-state index contributed by atoms with van der Waals surface area (Å²) in [5.74, 6) is -0.372. The normalized spacial score (nSPS) is 12.3. The first-order chi connectivity index (χ1) is 11.2. The van der Waals surface area contributed by atoms with Gasteiger partial charge in [0.15, 0.2) is 0 Å². The number of nitriles is 1. The van der Waals surface area contributed by atoms with E-state index in [1.165, 1.54) is 0 Å². The molecule has 2 rings (SSSR count). The highest BCUT2D eigenvalue weighted by molar-refractivity contribution is 6.02. The molecule has 1 aromatic heterocycles. The first kappa shape index (κ1) is 16.4. The van der Waals surface area contributed by atoms with E-state index in [1.54, 1.807) is 18.5 Å². The Morgan fingerprint density at radius 3 is 2.74 bits per heavy atom. The Morgan fingerprint density at radius 1 is 1.35 bits per heavy atom. The zero-order valence-corrected chi connectivity index (χ0v) is 13.3. The van der Waals surface area contributed by atoms with Crippen LogP contribution in [0.1, 0.15) is 36.6 Å². The van der Waals surface area contributed by atoms with Crippen LogP contribution in [0.3, 0.4) is 0 Å². The maximum absolute atomic E-state index is 12.3. The van der Waals surface area contributed by atoms with Crippen molar-refractivity contribution < 1.29 is 4.79 Å². The molecule has 1 heterocycles. The van der Waals surface area contributed by atoms with Gasteiger partial charge < -0.3 is 5.32 Å². The van der Waals surface area contributed by atoms with Gasteiger partial charge in [-0.05, 0) is 42.2 Å². The monoisotopic (exact) mass is 305 g/mol. The second-order valence-electron chi connectivity index (χ2n) is 5.20. The van der Waals surface area contributed by atoms with Crippen LogP contribution in [0.25, 0.3) is 6.08 Å². The van der Waals surface area contributed by atoms with Crippen molar-refractivity contribution in [1.29, 1.82) is 5.26 Å². The second-order valence-corrected chi connectivity index (χ2v) is 5.20. The lowest BCUT2D eigenvalue weighted by atomic mass is 10.0. The lowest BCUT2D eigenvalue weighted by Gasteiger charge is -2.14. The number of carbonyl (C=O) groups is 1. The molecule has 0 bridgehead atoms. The highest BCUT2D eigenvalue weighted by Crippen LogP contribution is 2.15. The number of aromatic nitrogens is 1. The Labute approximate surface area is 136 Å². The van der Waals surface area contributed by atoms with Crippen molar-refractivity contribution in [3.05, 3.63) is 71.1 Å². The summed E-state index contributed by atoms with van der Waals surface area (Å²) in [7, 11) is 0. The van der Waals surface area contributed by atoms with Crippen molar-refractivity contribution in [2.24, 2.45) is 0 Å². The van der Waals surface area contributed by atoms with Crippen LogP contribution in [0.15, 0.2) is 54.4 Å². The van der Waals surface area contributed by atoms with Crippen molar-refractivity contribution in [3.63, 3.8) is 0 Å². The average Bonchev–Trinajstić information content (AvgIpc) is 2.60. The zero-order valence-electron chi connectivity index (χ0n) is 13.3. The third-order valence-corrected chi connectivity index (χ3v) is 3.63. The van der Waals surface area contributed by atoms with Gasteiger partial charge in [-0.3, -0.25) is 9.78 Å². The maximum atomic E-state index is 12.3. The van der Waals surface area contributed by atoms with Crippen molar-refractivity contribution in [3.8, 4) is 6.07 Å². The topological polar surface area (TPSA) is 65.8 Å². The smallest absolute Gasteiger partial charge is 0.262 e. The number of pyridine rings is 1. The molecule has 116 valence electrons. The number of benzene rings is 1. The van der Waals surface area contributed by atoms with E-state index in [9.17, 15) is 10.1 Å². The highest BCUT2D eigenvalue weighted by atomic mass is 16.1. The number of nitrogens with one attached hydrogen (secondary N) is 1. The van der Waals surface area contributed by atoms with E-state index in [0.717, 1.165) is 23.1 Å². The maximum Gasteiger partial charge on any atom is 0.262 e. The van der Waals surface area contributed by atoms with E-state index >= 15 is 0 Å². The Balaban J connectivity index is 2.19. The van der Waals surface area contributed by atoms with Crippen molar-refractivity contribution in [2.75, 3.05) is 0 Å². The summed E-state index contributed by atoms with van der Waals surface area (Å²) >= 11 is 0. The van der Waals surface area contributed by atoms with Gasteiger partial charge in [-0.1, -0.05) is 37.3 Å². The number of aryl methyl sites for hydroxylation is 1. The van der Waals surface area contributed by atoms with Gasteiger partial charge in [0.25, 0.3) is 5.91 Å². The summed E-state index contributed by atoms with van der Waals surface area (Å²) in [5, 5.41) is 12.2. The molecule has 23 heavy (non-hydrogen) atoms. The summed E-state index contributed by atoms with van der Waals surface area (Å²) in [4.78, 5) is 16.4. The largest absolute Gasteiger partial charge is 0.345 e. The number of hydrogen-bond acceptors (Lipinski definition) is 3. The summed E-state index contributed by atoms with van der Waals surface area (Å²) in [5.41, 5.74) is 2.94. The standard InChI is InChI=1S/C19H19N3O/c1-3-15-13-21-10-9-17(15)11-18(12-20)19(23)22-14(2)16-7-5-4-6-8-16/h4-11,13-14H,3H2,1-2H3,(H,22,23)/b18-11+/t14-/m0/s1. The zero-order chi connectivity index (χ0) is 16.7. The summed E-state index contributed by atoms with van der Waals surface area (Å²) in [6, 6.07) is 13.3. The average molecular weight is 305 g/mol. The van der Waals surface area contributed by atoms with Crippen LogP contribution in [0.4, 0.5) is 0 Å². The summed E-state index contributed by atoms with van der Waals surface area (Å²) < 4.78 is 0. The molecular weight excluding hydrogens is 286 g/mol. The summed E-state index contributed by atoms with van der Waals surface area (Å²) in [6.07, 6.45) is 5.82. The van der Waals surface area contributed by atoms with Crippen LogP contribution in [-0.2, 0) is 11.2 Å². The number of amides is 1. The predicted molar refractivity (Wildman–Crippen MR) is 90.2 cm³/mol. The third-order valence-electron chi connectivity index (χ3n) is 3.63. The lowest BCUT2D eigenvalue weighted by Crippen LogP contribution is -2.27. The molecule has 1 aromatic carbocycles. The molecule has 0 aliphatic carbocycles. The van der Waals surface area contributed by atoms with E-state index < -0.39 is 0 Å². The molecule has 0 spiro atoms. The quantitative estimate of drug-likeness (QED) is 0.680. The Morgan fingerprint density at radius 2 is 2.09 bits per heavy atom. The summed E-state index contributed by atoms with van der Waals surface area (Å²) in [6.45, 7) is 3.91. The molecule has 2 aromatic rings. The number of rotatable bonds is 5. The Kier molecular flexibility index (Phi) is 5.65. The van der Waals surface area contributed by atoms with Crippen LogP contribution in [0, 0.1) is 11.3 Å². The molecule has 0 radical (unpaired) electrons. The van der Waals surface area contributed by atoms with Gasteiger partial charge in [-0.25, -0.2) is 0 Å². The van der Waals surface area contributed by atoms with Gasteiger partial charge in [0.1, 0.15) is 11.6 Å². The van der Waals surface area contributed by atoms with Gasteiger partial charge >= 0.3 is 0 Å². The fourth-order valence-electron chi connectivity index (χ4n) is 2.28. The van der Waals surface area contributed by atoms with E-state index in [1.807, 2.05) is 56.3 Å². The lowest BCUT2D eigenvalue weighted by molar-refractivity contribution is -0.117. The fraction of sp³-hybridized carbons (Fsp3) is 0.211. The molecule has 0 fully saturated rings. The van der Waals surface area contributed by atoms with Crippen molar-refractivity contribution >= 4 is 12.0 Å². The van der Waals surface area contributed by atoms with Crippen molar-refractivity contribution in [2.45, 2.75) is 26.3 Å². The second kappa shape index (κ2) is 7.90. The van der Waals surface area contributed by atoms with Gasteiger partial charge in [0, 0.05) is 12.4 Å². The molecule has 0 unspecified atom stereocenters. The van der Waals surface area contributed by atoms with Crippen LogP contribution < -0.4 is 5.32 Å². The fourth-order valence-corrected chi connectivity index (χ4v) is 2.28. The van der Waals surface area contributed by atoms with Gasteiger partial charge in [0.2, 0.25) is 0 Å². The minimum Gasteiger partial charge on any atom is -0.345 e. The Hall–Kier alpha value is -2.93. The van der Waals surface area contributed by atoms with Crippen LogP contribution >= 0.6 is 0 Å². The molecule has 0 aliphatic rings. The van der Waals surface area contributed by atoms with E-state index in [0.29, 0.717) is 0 Å². The number of carbonyl (C=O) groups excluding carboxylic acids is 1. The number of hydrogen-bond donors (Lipinski definition) is 1. The first-order valence-electron chi connectivity index (χ1n) is 7.56. The number of nitrogens with zero attached hydrogens (tertiary/aromatic N) is 2. The molecular formula is C19H19N3O. The molecule has 0 aliphatic heterocycles. The first-order valence-corrected chi connectivity index (χ1v) is 7.56. The van der Waals surface area contributed by atoms with E-state index in [4.69, 9.17) is 0 Å². The van der Waals surface area contributed by atoms with Crippen LogP contribution in [0.5, 0.6) is 0 Å². The Bertz CT molecular complexity index is 745. The molecule has 1 amide bonds. The van der Waals surface area contributed by atoms with Crippen molar-refractivity contribution in [1.82, 2.24) is 10.3 Å². The van der Waals surface area contributed by atoms with E-state index in [2.05, 4.69) is 10.3 Å².